The zero-order valence-electron chi connectivity index (χ0n) is 13.9. The number of terminal acetylenes is 1. The molecule has 0 unspecified atom stereocenters. The average Bonchev–Trinajstić information content (AvgIpc) is 2.62. The zero-order chi connectivity index (χ0) is 17.9. The minimum atomic E-state index is -0.429. The number of hydrogen-bond donors (Lipinski definition) is 2. The van der Waals surface area contributed by atoms with Crippen molar-refractivity contribution in [2.75, 3.05) is 18.5 Å². The topological polar surface area (TPSA) is 72.0 Å². The van der Waals surface area contributed by atoms with Gasteiger partial charge in [0.05, 0.1) is 12.8 Å². The Bertz CT molecular complexity index is 767. The minimum Gasteiger partial charge on any atom is -0.490 e. The molecule has 0 aliphatic carbocycles. The summed E-state index contributed by atoms with van der Waals surface area (Å²) in [5.74, 6) is 3.54. The van der Waals surface area contributed by atoms with Crippen LogP contribution >= 0.6 is 0 Å². The van der Waals surface area contributed by atoms with E-state index < -0.39 is 6.03 Å². The van der Waals surface area contributed by atoms with Gasteiger partial charge < -0.3 is 14.8 Å². The molecule has 2 N–H and O–H groups in total. The van der Waals surface area contributed by atoms with Crippen LogP contribution < -0.4 is 20.2 Å². The predicted molar refractivity (Wildman–Crippen MR) is 98.1 cm³/mol. The molecule has 6 heteroatoms. The quantitative estimate of drug-likeness (QED) is 0.463. The van der Waals surface area contributed by atoms with E-state index >= 15 is 0 Å². The summed E-state index contributed by atoms with van der Waals surface area (Å²) in [5.41, 5.74) is 3.83. The fourth-order valence-electron chi connectivity index (χ4n) is 1.96. The van der Waals surface area contributed by atoms with Gasteiger partial charge in [-0.15, -0.1) is 6.42 Å². The average molecular weight is 337 g/mol. The molecule has 2 amide bonds. The molecular formula is C19H19N3O3. The van der Waals surface area contributed by atoms with Crippen molar-refractivity contribution in [1.82, 2.24) is 5.43 Å². The third-order valence-corrected chi connectivity index (χ3v) is 2.99. The number of carbonyl (C=O) groups is 1. The monoisotopic (exact) mass is 337 g/mol. The molecule has 2 rings (SSSR count). The molecule has 0 saturated heterocycles. The molecule has 25 heavy (non-hydrogen) atoms. The minimum absolute atomic E-state index is 0.161. The largest absolute Gasteiger partial charge is 0.490 e. The van der Waals surface area contributed by atoms with Gasteiger partial charge in [0.15, 0.2) is 11.5 Å². The molecule has 0 bridgehead atoms. The maximum Gasteiger partial charge on any atom is 0.339 e. The van der Waals surface area contributed by atoms with Gasteiger partial charge in [0, 0.05) is 5.69 Å². The summed E-state index contributed by atoms with van der Waals surface area (Å²) in [6.07, 6.45) is 6.71. The van der Waals surface area contributed by atoms with Crippen LogP contribution in [0.5, 0.6) is 11.5 Å². The Labute approximate surface area is 146 Å². The summed E-state index contributed by atoms with van der Waals surface area (Å²) in [5, 5.41) is 6.58. The molecule has 0 atom stereocenters. The van der Waals surface area contributed by atoms with Crippen LogP contribution in [0.1, 0.15) is 12.5 Å². The first kappa shape index (κ1) is 17.9. The van der Waals surface area contributed by atoms with E-state index in [4.69, 9.17) is 15.9 Å². The Morgan fingerprint density at radius 1 is 1.20 bits per heavy atom. The van der Waals surface area contributed by atoms with E-state index in [0.717, 1.165) is 5.56 Å². The van der Waals surface area contributed by atoms with Crippen molar-refractivity contribution in [2.45, 2.75) is 6.92 Å². The standard InChI is InChI=1S/C19H19N3O3/c1-3-12-25-17-11-10-15(13-18(17)24-4-2)14-20-22-19(23)21-16-8-6-5-7-9-16/h1,5-11,13-14H,4,12H2,2H3,(H2,21,22,23)/b20-14-. The first-order chi connectivity index (χ1) is 12.2. The molecule has 0 heterocycles. The number of carbonyl (C=O) groups excluding carboxylic acids is 1. The summed E-state index contributed by atoms with van der Waals surface area (Å²) in [6.45, 7) is 2.53. The van der Waals surface area contributed by atoms with Gasteiger partial charge in [0.2, 0.25) is 0 Å². The van der Waals surface area contributed by atoms with Crippen LogP contribution in [0.25, 0.3) is 0 Å². The number of amides is 2. The number of anilines is 1. The highest BCUT2D eigenvalue weighted by Crippen LogP contribution is 2.27. The van der Waals surface area contributed by atoms with Crippen LogP contribution in [0.3, 0.4) is 0 Å². The summed E-state index contributed by atoms with van der Waals surface area (Å²) in [6, 6.07) is 14.0. The molecule has 0 fully saturated rings. The fourth-order valence-corrected chi connectivity index (χ4v) is 1.96. The van der Waals surface area contributed by atoms with Crippen LogP contribution in [0.2, 0.25) is 0 Å². The van der Waals surface area contributed by atoms with Gasteiger partial charge in [0.1, 0.15) is 6.61 Å². The van der Waals surface area contributed by atoms with Crippen LogP contribution in [0.4, 0.5) is 10.5 Å². The number of rotatable bonds is 7. The van der Waals surface area contributed by atoms with E-state index in [1.807, 2.05) is 25.1 Å². The van der Waals surface area contributed by atoms with Crippen LogP contribution in [-0.4, -0.2) is 25.5 Å². The molecule has 0 radical (unpaired) electrons. The number of nitrogens with one attached hydrogen (secondary N) is 2. The van der Waals surface area contributed by atoms with E-state index in [2.05, 4.69) is 21.8 Å². The number of hydrogen-bond acceptors (Lipinski definition) is 4. The molecule has 6 nitrogen and oxygen atoms in total. The molecule has 0 saturated carbocycles. The van der Waals surface area contributed by atoms with Gasteiger partial charge in [0.25, 0.3) is 0 Å². The second kappa shape index (κ2) is 9.63. The second-order valence-corrected chi connectivity index (χ2v) is 4.82. The smallest absolute Gasteiger partial charge is 0.339 e. The van der Waals surface area contributed by atoms with E-state index in [9.17, 15) is 4.79 Å². The lowest BCUT2D eigenvalue weighted by Crippen LogP contribution is -2.24. The molecule has 0 aliphatic heterocycles. The van der Waals surface area contributed by atoms with Crippen molar-refractivity contribution in [3.8, 4) is 23.8 Å². The molecule has 2 aromatic rings. The Hall–Kier alpha value is -3.46. The van der Waals surface area contributed by atoms with Crippen LogP contribution in [0.15, 0.2) is 53.6 Å². The lowest BCUT2D eigenvalue weighted by Gasteiger charge is -2.10. The lowest BCUT2D eigenvalue weighted by atomic mass is 10.2. The molecule has 0 spiro atoms. The molecule has 0 aliphatic rings. The number of para-hydroxylation sites is 1. The van der Waals surface area contributed by atoms with E-state index in [1.165, 1.54) is 6.21 Å². The number of urea groups is 1. The van der Waals surface area contributed by atoms with Gasteiger partial charge in [-0.05, 0) is 42.8 Å². The highest BCUT2D eigenvalue weighted by Gasteiger charge is 2.05. The van der Waals surface area contributed by atoms with Gasteiger partial charge in [-0.2, -0.15) is 5.10 Å². The van der Waals surface area contributed by atoms with Gasteiger partial charge in [-0.3, -0.25) is 0 Å². The van der Waals surface area contributed by atoms with Gasteiger partial charge in [-0.1, -0.05) is 24.1 Å². The maximum absolute atomic E-state index is 11.7. The van der Waals surface area contributed by atoms with E-state index in [1.54, 1.807) is 30.3 Å². The molecular weight excluding hydrogens is 318 g/mol. The Morgan fingerprint density at radius 3 is 2.72 bits per heavy atom. The second-order valence-electron chi connectivity index (χ2n) is 4.82. The SMILES string of the molecule is C#CCOc1ccc(/C=N\NC(=O)Nc2ccccc2)cc1OCC. The van der Waals surface area contributed by atoms with Crippen molar-refractivity contribution >= 4 is 17.9 Å². The number of ether oxygens (including phenoxy) is 2. The van der Waals surface area contributed by atoms with E-state index in [0.29, 0.717) is 23.8 Å². The summed E-state index contributed by atoms with van der Waals surface area (Å²) < 4.78 is 10.9. The Kier molecular flexibility index (Phi) is 6.89. The van der Waals surface area contributed by atoms with Crippen molar-refractivity contribution in [3.05, 3.63) is 54.1 Å². The highest BCUT2D eigenvalue weighted by atomic mass is 16.5. The van der Waals surface area contributed by atoms with Crippen molar-refractivity contribution < 1.29 is 14.3 Å². The molecule has 2 aromatic carbocycles. The summed E-state index contributed by atoms with van der Waals surface area (Å²) in [7, 11) is 0. The molecule has 128 valence electrons. The van der Waals surface area contributed by atoms with Crippen molar-refractivity contribution in [1.29, 1.82) is 0 Å². The first-order valence-corrected chi connectivity index (χ1v) is 7.71. The summed E-state index contributed by atoms with van der Waals surface area (Å²) in [4.78, 5) is 11.7. The lowest BCUT2D eigenvalue weighted by molar-refractivity contribution is 0.252. The fraction of sp³-hybridized carbons (Fsp3) is 0.158. The van der Waals surface area contributed by atoms with Crippen LogP contribution in [-0.2, 0) is 0 Å². The predicted octanol–water partition coefficient (Wildman–Crippen LogP) is 3.25. The van der Waals surface area contributed by atoms with E-state index in [-0.39, 0.29) is 6.61 Å². The van der Waals surface area contributed by atoms with Gasteiger partial charge in [-0.25, -0.2) is 10.2 Å². The number of benzene rings is 2. The van der Waals surface area contributed by atoms with Crippen molar-refractivity contribution in [3.63, 3.8) is 0 Å². The van der Waals surface area contributed by atoms with Gasteiger partial charge >= 0.3 is 6.03 Å². The number of hydrazone groups is 1. The summed E-state index contributed by atoms with van der Waals surface area (Å²) >= 11 is 0. The molecule has 0 aromatic heterocycles. The number of nitrogens with zero attached hydrogens (tertiary/aromatic N) is 1. The highest BCUT2D eigenvalue weighted by molar-refractivity contribution is 5.90. The third-order valence-electron chi connectivity index (χ3n) is 2.99. The van der Waals surface area contributed by atoms with Crippen LogP contribution in [0, 0.1) is 12.3 Å². The van der Waals surface area contributed by atoms with Crippen molar-refractivity contribution in [2.24, 2.45) is 5.10 Å². The maximum atomic E-state index is 11.7. The Morgan fingerprint density at radius 2 is 2.00 bits per heavy atom. The zero-order valence-corrected chi connectivity index (χ0v) is 13.9. The third kappa shape index (κ3) is 5.92. The first-order valence-electron chi connectivity index (χ1n) is 7.71. The normalized spacial score (nSPS) is 10.1. The Balaban J connectivity index is 1.96.